The summed E-state index contributed by atoms with van der Waals surface area (Å²) in [6.07, 6.45) is 3.64. The van der Waals surface area contributed by atoms with E-state index >= 15 is 0 Å². The molecule has 2 aromatic rings. The first kappa shape index (κ1) is 27.8. The number of nitrogen functional groups attached to an aromatic ring is 2. The standard InChI is InChI=1S/C26H38N4O5S/c1-26(2,3)34-25(31)29-20(17-19-9-5-4-6-10-19)15-16-30(35-21-11-7-8-12-21)36(32,33)22-13-14-23(27)24(28)18-22/h4-6,9-10,13-14,18,20-21H,7-8,11-12,15-17,27-28H2,1-3H3,(H,29,31)/t20-/m1/s1. The number of ether oxygens (including phenoxy) is 1. The molecule has 2 aromatic carbocycles. The third kappa shape index (κ3) is 8.11. The van der Waals surface area contributed by atoms with Gasteiger partial charge in [-0.15, -0.1) is 0 Å². The minimum atomic E-state index is -4.02. The number of carbonyl (C=O) groups excluding carboxylic acids is 1. The molecule has 1 aliphatic rings. The number of hydroxylamine groups is 1. The van der Waals surface area contributed by atoms with Crippen molar-refractivity contribution in [2.45, 2.75) is 81.9 Å². The van der Waals surface area contributed by atoms with Gasteiger partial charge in [-0.2, -0.15) is 0 Å². The Balaban J connectivity index is 1.81. The third-order valence-electron chi connectivity index (χ3n) is 5.90. The van der Waals surface area contributed by atoms with Gasteiger partial charge in [0, 0.05) is 12.6 Å². The van der Waals surface area contributed by atoms with Crippen molar-refractivity contribution in [2.75, 3.05) is 18.0 Å². The summed E-state index contributed by atoms with van der Waals surface area (Å²) >= 11 is 0. The van der Waals surface area contributed by atoms with Crippen LogP contribution in [-0.4, -0.2) is 43.3 Å². The average molecular weight is 519 g/mol. The zero-order chi connectivity index (χ0) is 26.3. The van der Waals surface area contributed by atoms with Crippen LogP contribution in [0.3, 0.4) is 0 Å². The Kier molecular flexibility index (Phi) is 9.21. The highest BCUT2D eigenvalue weighted by Gasteiger charge is 2.31. The molecular formula is C26H38N4O5S. The number of nitrogens with zero attached hydrogens (tertiary/aromatic N) is 1. The Morgan fingerprint density at radius 1 is 1.08 bits per heavy atom. The van der Waals surface area contributed by atoms with Gasteiger partial charge in [-0.3, -0.25) is 4.84 Å². The quantitative estimate of drug-likeness (QED) is 0.316. The van der Waals surface area contributed by atoms with E-state index in [1.165, 1.54) is 18.2 Å². The van der Waals surface area contributed by atoms with Crippen LogP contribution in [-0.2, 0) is 26.0 Å². The lowest BCUT2D eigenvalue weighted by Crippen LogP contribution is -2.43. The maximum absolute atomic E-state index is 13.6. The second kappa shape index (κ2) is 11.9. The number of benzene rings is 2. The first-order valence-corrected chi connectivity index (χ1v) is 13.8. The molecule has 1 aliphatic carbocycles. The van der Waals surface area contributed by atoms with Crippen LogP contribution in [0.5, 0.6) is 0 Å². The van der Waals surface area contributed by atoms with E-state index in [0.717, 1.165) is 35.7 Å². The number of anilines is 2. The predicted molar refractivity (Wildman–Crippen MR) is 140 cm³/mol. The number of hydrogen-bond donors (Lipinski definition) is 3. The van der Waals surface area contributed by atoms with E-state index in [4.69, 9.17) is 21.0 Å². The van der Waals surface area contributed by atoms with Crippen LogP contribution >= 0.6 is 0 Å². The van der Waals surface area contributed by atoms with Crippen molar-refractivity contribution in [3.05, 3.63) is 54.1 Å². The highest BCUT2D eigenvalue weighted by atomic mass is 32.2. The molecule has 3 rings (SSSR count). The fourth-order valence-corrected chi connectivity index (χ4v) is 5.41. The van der Waals surface area contributed by atoms with Gasteiger partial charge >= 0.3 is 6.09 Å². The molecule has 0 saturated heterocycles. The van der Waals surface area contributed by atoms with Gasteiger partial charge in [-0.05, 0) is 70.2 Å². The van der Waals surface area contributed by atoms with Gasteiger partial charge in [0.25, 0.3) is 10.0 Å². The lowest BCUT2D eigenvalue weighted by molar-refractivity contribution is -0.131. The highest BCUT2D eigenvalue weighted by Crippen LogP contribution is 2.28. The highest BCUT2D eigenvalue weighted by molar-refractivity contribution is 7.89. The number of hydrogen-bond acceptors (Lipinski definition) is 7. The number of alkyl carbamates (subject to hydrolysis) is 1. The van der Waals surface area contributed by atoms with Crippen molar-refractivity contribution < 1.29 is 22.8 Å². The molecule has 1 amide bonds. The van der Waals surface area contributed by atoms with Gasteiger partial charge in [0.05, 0.1) is 22.4 Å². The molecule has 0 unspecified atom stereocenters. The van der Waals surface area contributed by atoms with Crippen molar-refractivity contribution in [2.24, 2.45) is 0 Å². The zero-order valence-corrected chi connectivity index (χ0v) is 22.1. The molecule has 0 aromatic heterocycles. The van der Waals surface area contributed by atoms with E-state index in [0.29, 0.717) is 18.5 Å². The van der Waals surface area contributed by atoms with Gasteiger partial charge < -0.3 is 21.5 Å². The molecule has 0 spiro atoms. The summed E-state index contributed by atoms with van der Waals surface area (Å²) in [5, 5.41) is 2.90. The Bertz CT molecular complexity index is 1110. The number of carbonyl (C=O) groups is 1. The third-order valence-corrected chi connectivity index (χ3v) is 7.55. The molecule has 10 heteroatoms. The Morgan fingerprint density at radius 2 is 1.75 bits per heavy atom. The number of rotatable bonds is 10. The van der Waals surface area contributed by atoms with Gasteiger partial charge in [0.1, 0.15) is 5.60 Å². The number of sulfonamides is 1. The van der Waals surface area contributed by atoms with Crippen LogP contribution in [0.15, 0.2) is 53.4 Å². The Hall–Kier alpha value is -2.82. The predicted octanol–water partition coefficient (Wildman–Crippen LogP) is 4.24. The lowest BCUT2D eigenvalue weighted by atomic mass is 10.0. The summed E-state index contributed by atoms with van der Waals surface area (Å²) in [5.41, 5.74) is 12.5. The van der Waals surface area contributed by atoms with Crippen LogP contribution in [0, 0.1) is 0 Å². The van der Waals surface area contributed by atoms with E-state index < -0.39 is 21.7 Å². The van der Waals surface area contributed by atoms with Crippen LogP contribution in [0.2, 0.25) is 0 Å². The van der Waals surface area contributed by atoms with Gasteiger partial charge in [-0.1, -0.05) is 47.6 Å². The molecule has 0 bridgehead atoms. The average Bonchev–Trinajstić information content (AvgIpc) is 3.30. The molecule has 5 N–H and O–H groups in total. The maximum Gasteiger partial charge on any atom is 0.407 e. The fourth-order valence-electron chi connectivity index (χ4n) is 4.08. The normalized spacial score (nSPS) is 15.7. The molecular weight excluding hydrogens is 480 g/mol. The second-order valence-electron chi connectivity index (χ2n) is 10.2. The van der Waals surface area contributed by atoms with Crippen molar-refractivity contribution >= 4 is 27.5 Å². The molecule has 0 radical (unpaired) electrons. The largest absolute Gasteiger partial charge is 0.444 e. The molecule has 1 fully saturated rings. The smallest absolute Gasteiger partial charge is 0.407 e. The zero-order valence-electron chi connectivity index (χ0n) is 21.3. The monoisotopic (exact) mass is 518 g/mol. The summed E-state index contributed by atoms with van der Waals surface area (Å²) in [4.78, 5) is 18.6. The molecule has 0 heterocycles. The van der Waals surface area contributed by atoms with E-state index in [-0.39, 0.29) is 29.3 Å². The summed E-state index contributed by atoms with van der Waals surface area (Å²) in [6, 6.07) is 13.5. The maximum atomic E-state index is 13.6. The topological polar surface area (TPSA) is 137 Å². The minimum Gasteiger partial charge on any atom is -0.444 e. The molecule has 1 atom stereocenters. The van der Waals surface area contributed by atoms with Gasteiger partial charge in [0.2, 0.25) is 0 Å². The first-order chi connectivity index (χ1) is 16.9. The molecule has 0 aliphatic heterocycles. The summed E-state index contributed by atoms with van der Waals surface area (Å²) < 4.78 is 33.6. The number of nitrogens with two attached hydrogens (primary N) is 2. The van der Waals surface area contributed by atoms with E-state index in [2.05, 4.69) is 5.32 Å². The summed E-state index contributed by atoms with van der Waals surface area (Å²) in [6.45, 7) is 5.42. The molecule has 1 saturated carbocycles. The van der Waals surface area contributed by atoms with Crippen LogP contribution < -0.4 is 16.8 Å². The van der Waals surface area contributed by atoms with Crippen molar-refractivity contribution in [3.8, 4) is 0 Å². The van der Waals surface area contributed by atoms with E-state index in [1.54, 1.807) is 20.8 Å². The van der Waals surface area contributed by atoms with Crippen LogP contribution in [0.1, 0.15) is 58.4 Å². The number of nitrogens with one attached hydrogen (secondary N) is 1. The Labute approximate surface area is 214 Å². The molecule has 9 nitrogen and oxygen atoms in total. The van der Waals surface area contributed by atoms with Crippen LogP contribution in [0.4, 0.5) is 16.2 Å². The van der Waals surface area contributed by atoms with E-state index in [1.807, 2.05) is 30.3 Å². The minimum absolute atomic E-state index is 0.00640. The SMILES string of the molecule is CC(C)(C)OC(=O)N[C@H](CCN(OC1CCCC1)S(=O)(=O)c1ccc(N)c(N)c1)Cc1ccccc1. The van der Waals surface area contributed by atoms with Crippen molar-refractivity contribution in [1.29, 1.82) is 0 Å². The number of amides is 1. The summed E-state index contributed by atoms with van der Waals surface area (Å²) in [5.74, 6) is 0. The van der Waals surface area contributed by atoms with Gasteiger partial charge in [-0.25, -0.2) is 13.2 Å². The fraction of sp³-hybridized carbons (Fsp3) is 0.500. The van der Waals surface area contributed by atoms with Crippen molar-refractivity contribution in [1.82, 2.24) is 9.79 Å². The van der Waals surface area contributed by atoms with Gasteiger partial charge in [0.15, 0.2) is 0 Å². The second-order valence-corrected chi connectivity index (χ2v) is 12.0. The Morgan fingerprint density at radius 3 is 2.36 bits per heavy atom. The van der Waals surface area contributed by atoms with Crippen molar-refractivity contribution in [3.63, 3.8) is 0 Å². The first-order valence-electron chi connectivity index (χ1n) is 12.3. The lowest BCUT2D eigenvalue weighted by Gasteiger charge is -2.28. The van der Waals surface area contributed by atoms with Crippen LogP contribution in [0.25, 0.3) is 0 Å². The molecule has 198 valence electrons. The molecule has 36 heavy (non-hydrogen) atoms. The van der Waals surface area contributed by atoms with E-state index in [9.17, 15) is 13.2 Å². The summed E-state index contributed by atoms with van der Waals surface area (Å²) in [7, 11) is -4.02.